The Balaban J connectivity index is 2.77. The summed E-state index contributed by atoms with van der Waals surface area (Å²) in [6.45, 7) is 6.37. The Morgan fingerprint density at radius 2 is 2.19 bits per heavy atom. The van der Waals surface area contributed by atoms with Crippen molar-refractivity contribution in [1.29, 1.82) is 0 Å². The Labute approximate surface area is 105 Å². The molecule has 0 aromatic carbocycles. The van der Waals surface area contributed by atoms with Crippen LogP contribution in [0.25, 0.3) is 0 Å². The molecule has 0 saturated carbocycles. The third kappa shape index (κ3) is 4.02. The van der Waals surface area contributed by atoms with Crippen molar-refractivity contribution in [2.24, 2.45) is 0 Å². The van der Waals surface area contributed by atoms with Crippen LogP contribution < -0.4 is 5.32 Å². The molecule has 1 rings (SSSR count). The minimum atomic E-state index is -0.157. The highest BCUT2D eigenvalue weighted by Gasteiger charge is 2.17. The van der Waals surface area contributed by atoms with Gasteiger partial charge in [0.05, 0.1) is 11.6 Å². The average molecular weight is 285 g/mol. The van der Waals surface area contributed by atoms with Gasteiger partial charge in [0.2, 0.25) is 0 Å². The van der Waals surface area contributed by atoms with E-state index < -0.39 is 0 Å². The molecule has 3 nitrogen and oxygen atoms in total. The van der Waals surface area contributed by atoms with Crippen molar-refractivity contribution in [3.8, 4) is 0 Å². The highest BCUT2D eigenvalue weighted by Crippen LogP contribution is 2.16. The molecule has 0 saturated heterocycles. The number of ketones is 1. The second kappa shape index (κ2) is 6.11. The maximum Gasteiger partial charge on any atom is 0.140 e. The van der Waals surface area contributed by atoms with Gasteiger partial charge in [-0.25, -0.2) is 0 Å². The van der Waals surface area contributed by atoms with E-state index in [0.717, 1.165) is 10.2 Å². The van der Waals surface area contributed by atoms with Crippen LogP contribution in [0.4, 0.5) is 0 Å². The molecule has 1 aromatic heterocycles. The molecule has 0 aliphatic rings. The molecule has 0 aliphatic heterocycles. The fourth-order valence-electron chi connectivity index (χ4n) is 1.40. The number of aromatic nitrogens is 1. The van der Waals surface area contributed by atoms with Gasteiger partial charge < -0.3 is 5.32 Å². The molecule has 1 heterocycles. The lowest BCUT2D eigenvalue weighted by atomic mass is 10.00. The molecule has 1 N–H and O–H groups in total. The zero-order chi connectivity index (χ0) is 12.1. The van der Waals surface area contributed by atoms with Crippen molar-refractivity contribution in [3.05, 3.63) is 28.5 Å². The third-order valence-electron chi connectivity index (χ3n) is 2.33. The van der Waals surface area contributed by atoms with Crippen LogP contribution in [-0.2, 0) is 4.79 Å². The molecule has 1 atom stereocenters. The van der Waals surface area contributed by atoms with Crippen LogP contribution >= 0.6 is 15.9 Å². The normalized spacial score (nSPS) is 12.8. The quantitative estimate of drug-likeness (QED) is 0.904. The lowest BCUT2D eigenvalue weighted by Gasteiger charge is -2.16. The molecule has 0 spiro atoms. The minimum absolute atomic E-state index is 0.142. The summed E-state index contributed by atoms with van der Waals surface area (Å²) in [4.78, 5) is 15.8. The summed E-state index contributed by atoms with van der Waals surface area (Å²) in [7, 11) is 0. The van der Waals surface area contributed by atoms with Gasteiger partial charge in [-0.1, -0.05) is 13.8 Å². The van der Waals surface area contributed by atoms with E-state index in [0.29, 0.717) is 12.6 Å². The second-order valence-electron chi connectivity index (χ2n) is 4.13. The van der Waals surface area contributed by atoms with Crippen LogP contribution in [0, 0.1) is 0 Å². The summed E-state index contributed by atoms with van der Waals surface area (Å²) in [6, 6.07) is 4.17. The number of nitrogens with one attached hydrogen (secondary N) is 1. The molecular weight excluding hydrogens is 268 g/mol. The molecule has 88 valence electrons. The zero-order valence-corrected chi connectivity index (χ0v) is 11.4. The van der Waals surface area contributed by atoms with Crippen molar-refractivity contribution < 1.29 is 4.79 Å². The number of rotatable bonds is 5. The minimum Gasteiger partial charge on any atom is -0.313 e. The number of pyridine rings is 1. The van der Waals surface area contributed by atoms with E-state index in [1.165, 1.54) is 0 Å². The second-order valence-corrected chi connectivity index (χ2v) is 5.04. The average Bonchev–Trinajstić information content (AvgIpc) is 2.20. The van der Waals surface area contributed by atoms with Crippen LogP contribution in [0.5, 0.6) is 0 Å². The first-order chi connectivity index (χ1) is 7.50. The maximum atomic E-state index is 11.6. The standard InChI is InChI=1S/C12H17BrN2O/c1-8(2)14-7-11(9(3)16)12-5-4-10(13)6-15-12/h4-6,8,11,14H,7H2,1-3H3. The molecule has 16 heavy (non-hydrogen) atoms. The van der Waals surface area contributed by atoms with E-state index in [9.17, 15) is 4.79 Å². The fraction of sp³-hybridized carbons (Fsp3) is 0.500. The summed E-state index contributed by atoms with van der Waals surface area (Å²) in [5, 5.41) is 3.27. The Hall–Kier alpha value is -0.740. The summed E-state index contributed by atoms with van der Waals surface area (Å²) < 4.78 is 0.926. The van der Waals surface area contributed by atoms with E-state index in [4.69, 9.17) is 0 Å². The molecular formula is C12H17BrN2O. The molecule has 0 aliphatic carbocycles. The first-order valence-electron chi connectivity index (χ1n) is 5.36. The number of hydrogen-bond acceptors (Lipinski definition) is 3. The molecule has 1 unspecified atom stereocenters. The van der Waals surface area contributed by atoms with Crippen molar-refractivity contribution in [2.75, 3.05) is 6.54 Å². The number of Topliss-reactive ketones (excluding diaryl/α,β-unsaturated/α-hetero) is 1. The van der Waals surface area contributed by atoms with Gasteiger partial charge >= 0.3 is 0 Å². The highest BCUT2D eigenvalue weighted by atomic mass is 79.9. The Bertz CT molecular complexity index is 349. The highest BCUT2D eigenvalue weighted by molar-refractivity contribution is 9.10. The van der Waals surface area contributed by atoms with E-state index in [-0.39, 0.29) is 11.7 Å². The molecule has 0 bridgehead atoms. The Morgan fingerprint density at radius 3 is 2.62 bits per heavy atom. The first kappa shape index (κ1) is 13.3. The van der Waals surface area contributed by atoms with Crippen molar-refractivity contribution in [2.45, 2.75) is 32.7 Å². The Kier molecular flexibility index (Phi) is 5.09. The number of hydrogen-bond donors (Lipinski definition) is 1. The number of halogens is 1. The molecule has 1 aromatic rings. The topological polar surface area (TPSA) is 42.0 Å². The Morgan fingerprint density at radius 1 is 1.50 bits per heavy atom. The maximum absolute atomic E-state index is 11.6. The summed E-state index contributed by atoms with van der Waals surface area (Å²) in [6.07, 6.45) is 1.72. The van der Waals surface area contributed by atoms with E-state index in [2.05, 4.69) is 40.1 Å². The number of carbonyl (C=O) groups excluding carboxylic acids is 1. The summed E-state index contributed by atoms with van der Waals surface area (Å²) in [5.74, 6) is -0.0153. The largest absolute Gasteiger partial charge is 0.313 e. The fourth-order valence-corrected chi connectivity index (χ4v) is 1.64. The summed E-state index contributed by atoms with van der Waals surface area (Å²) in [5.41, 5.74) is 0.823. The van der Waals surface area contributed by atoms with Crippen molar-refractivity contribution in [3.63, 3.8) is 0 Å². The van der Waals surface area contributed by atoms with Crippen molar-refractivity contribution >= 4 is 21.7 Å². The predicted molar refractivity (Wildman–Crippen MR) is 68.5 cm³/mol. The van der Waals surface area contributed by atoms with E-state index in [1.807, 2.05) is 12.1 Å². The van der Waals surface area contributed by atoms with Crippen LogP contribution in [0.3, 0.4) is 0 Å². The van der Waals surface area contributed by atoms with E-state index >= 15 is 0 Å². The van der Waals surface area contributed by atoms with Gasteiger partial charge in [0.15, 0.2) is 0 Å². The van der Waals surface area contributed by atoms with Gasteiger partial charge in [0.25, 0.3) is 0 Å². The van der Waals surface area contributed by atoms with Gasteiger partial charge in [-0.2, -0.15) is 0 Å². The summed E-state index contributed by atoms with van der Waals surface area (Å²) >= 11 is 3.33. The number of nitrogens with zero attached hydrogens (tertiary/aromatic N) is 1. The smallest absolute Gasteiger partial charge is 0.140 e. The van der Waals surface area contributed by atoms with Gasteiger partial charge in [-0.3, -0.25) is 9.78 Å². The van der Waals surface area contributed by atoms with Crippen LogP contribution in [0.1, 0.15) is 32.4 Å². The van der Waals surface area contributed by atoms with Crippen molar-refractivity contribution in [1.82, 2.24) is 10.3 Å². The lowest BCUT2D eigenvalue weighted by Crippen LogP contribution is -2.31. The number of carbonyl (C=O) groups is 1. The van der Waals surface area contributed by atoms with Gasteiger partial charge in [-0.05, 0) is 35.0 Å². The SMILES string of the molecule is CC(=O)C(CNC(C)C)c1ccc(Br)cn1. The molecule has 0 amide bonds. The van der Waals surface area contributed by atoms with Crippen LogP contribution in [0.2, 0.25) is 0 Å². The molecule has 0 fully saturated rings. The van der Waals surface area contributed by atoms with Gasteiger partial charge in [0.1, 0.15) is 5.78 Å². The van der Waals surface area contributed by atoms with Crippen LogP contribution in [-0.4, -0.2) is 23.4 Å². The third-order valence-corrected chi connectivity index (χ3v) is 2.80. The molecule has 4 heteroatoms. The zero-order valence-electron chi connectivity index (χ0n) is 9.83. The lowest BCUT2D eigenvalue weighted by molar-refractivity contribution is -0.118. The van der Waals surface area contributed by atoms with Gasteiger partial charge in [-0.15, -0.1) is 0 Å². The van der Waals surface area contributed by atoms with E-state index in [1.54, 1.807) is 13.1 Å². The molecule has 0 radical (unpaired) electrons. The first-order valence-corrected chi connectivity index (χ1v) is 6.15. The van der Waals surface area contributed by atoms with Gasteiger partial charge in [0, 0.05) is 23.3 Å². The van der Waals surface area contributed by atoms with Crippen LogP contribution in [0.15, 0.2) is 22.8 Å². The monoisotopic (exact) mass is 284 g/mol. The predicted octanol–water partition coefficient (Wildman–Crippen LogP) is 2.51.